The van der Waals surface area contributed by atoms with Crippen LogP contribution in [0.3, 0.4) is 0 Å². The predicted octanol–water partition coefficient (Wildman–Crippen LogP) is 2.59. The molecule has 0 aromatic heterocycles. The minimum absolute atomic E-state index is 0.00226. The lowest BCUT2D eigenvalue weighted by Gasteiger charge is -2.06. The van der Waals surface area contributed by atoms with Gasteiger partial charge in [-0.25, -0.2) is 0 Å². The maximum Gasteiger partial charge on any atom is 0.311 e. The Labute approximate surface area is 107 Å². The van der Waals surface area contributed by atoms with E-state index in [1.807, 2.05) is 13.8 Å². The van der Waals surface area contributed by atoms with Gasteiger partial charge in [-0.3, -0.25) is 10.2 Å². The van der Waals surface area contributed by atoms with Gasteiger partial charge in [0.1, 0.15) is 11.6 Å². The molecule has 0 unspecified atom stereocenters. The molecule has 0 spiro atoms. The average Bonchev–Trinajstić information content (AvgIpc) is 2.26. The molecule has 96 valence electrons. The van der Waals surface area contributed by atoms with Gasteiger partial charge in [0.25, 0.3) is 0 Å². The molecule has 0 saturated heterocycles. The van der Waals surface area contributed by atoms with Crippen LogP contribution in [0.15, 0.2) is 30.3 Å². The van der Waals surface area contributed by atoms with Crippen molar-refractivity contribution in [1.29, 1.82) is 5.41 Å². The van der Waals surface area contributed by atoms with Crippen molar-refractivity contribution in [1.82, 2.24) is 0 Å². The Hall–Kier alpha value is -2.10. The third-order valence-corrected chi connectivity index (χ3v) is 2.14. The van der Waals surface area contributed by atoms with Crippen LogP contribution in [0.25, 0.3) is 6.08 Å². The first kappa shape index (κ1) is 14.0. The van der Waals surface area contributed by atoms with Gasteiger partial charge < -0.3 is 10.5 Å². The van der Waals surface area contributed by atoms with E-state index in [1.54, 1.807) is 30.3 Å². The van der Waals surface area contributed by atoms with Crippen LogP contribution in [-0.4, -0.2) is 11.8 Å². The van der Waals surface area contributed by atoms with Crippen LogP contribution in [0.2, 0.25) is 0 Å². The number of esters is 1. The Morgan fingerprint density at radius 2 is 2.00 bits per heavy atom. The fourth-order valence-corrected chi connectivity index (χ4v) is 1.34. The highest BCUT2D eigenvalue weighted by molar-refractivity contribution is 5.92. The Morgan fingerprint density at radius 1 is 1.39 bits per heavy atom. The number of ether oxygens (including phenoxy) is 1. The lowest BCUT2D eigenvalue weighted by Crippen LogP contribution is -2.10. The Balaban J connectivity index is 2.60. The minimum atomic E-state index is -0.225. The number of amidine groups is 1. The van der Waals surface area contributed by atoms with E-state index >= 15 is 0 Å². The summed E-state index contributed by atoms with van der Waals surface area (Å²) in [6, 6.07) is 7.05. The van der Waals surface area contributed by atoms with Gasteiger partial charge in [-0.05, 0) is 29.7 Å². The Kier molecular flexibility index (Phi) is 5.11. The summed E-state index contributed by atoms with van der Waals surface area (Å²) in [5.41, 5.74) is 6.11. The first-order valence-electron chi connectivity index (χ1n) is 5.80. The molecular weight excluding hydrogens is 228 g/mol. The fraction of sp³-hybridized carbons (Fsp3) is 0.286. The van der Waals surface area contributed by atoms with Gasteiger partial charge in [0, 0.05) is 6.42 Å². The van der Waals surface area contributed by atoms with Gasteiger partial charge in [0.05, 0.1) is 0 Å². The maximum atomic E-state index is 11.4. The second-order valence-electron chi connectivity index (χ2n) is 4.43. The predicted molar refractivity (Wildman–Crippen MR) is 72.5 cm³/mol. The van der Waals surface area contributed by atoms with E-state index in [2.05, 4.69) is 0 Å². The number of hydrogen-bond acceptors (Lipinski definition) is 3. The zero-order valence-electron chi connectivity index (χ0n) is 10.6. The monoisotopic (exact) mass is 246 g/mol. The molecule has 0 fully saturated rings. The zero-order chi connectivity index (χ0) is 13.5. The second-order valence-corrected chi connectivity index (χ2v) is 4.43. The number of hydrogen-bond donors (Lipinski definition) is 2. The van der Waals surface area contributed by atoms with Crippen molar-refractivity contribution in [3.63, 3.8) is 0 Å². The molecule has 3 N–H and O–H groups in total. The van der Waals surface area contributed by atoms with E-state index < -0.39 is 0 Å². The molecule has 1 rings (SSSR count). The molecule has 18 heavy (non-hydrogen) atoms. The Bertz CT molecular complexity index is 447. The molecule has 0 radical (unpaired) electrons. The van der Waals surface area contributed by atoms with E-state index in [1.165, 1.54) is 6.08 Å². The topological polar surface area (TPSA) is 76.2 Å². The molecule has 1 aromatic rings. The molecule has 0 aliphatic rings. The summed E-state index contributed by atoms with van der Waals surface area (Å²) in [4.78, 5) is 11.4. The Morgan fingerprint density at radius 3 is 2.50 bits per heavy atom. The third-order valence-electron chi connectivity index (χ3n) is 2.14. The van der Waals surface area contributed by atoms with Crippen LogP contribution in [-0.2, 0) is 4.79 Å². The van der Waals surface area contributed by atoms with Gasteiger partial charge >= 0.3 is 5.97 Å². The van der Waals surface area contributed by atoms with Crippen LogP contribution < -0.4 is 10.5 Å². The molecule has 0 aliphatic heterocycles. The zero-order valence-corrected chi connectivity index (χ0v) is 10.6. The van der Waals surface area contributed by atoms with E-state index in [9.17, 15) is 4.79 Å². The maximum absolute atomic E-state index is 11.4. The molecule has 0 aliphatic carbocycles. The SMILES string of the molecule is CC(C)CC(=O)Oc1ccc(C=CC(=N)N)cc1. The lowest BCUT2D eigenvalue weighted by atomic mass is 10.1. The number of carbonyl (C=O) groups excluding carboxylic acids is 1. The number of rotatable bonds is 5. The van der Waals surface area contributed by atoms with E-state index in [4.69, 9.17) is 15.9 Å². The summed E-state index contributed by atoms with van der Waals surface area (Å²) >= 11 is 0. The summed E-state index contributed by atoms with van der Waals surface area (Å²) in [6.07, 6.45) is 3.63. The lowest BCUT2D eigenvalue weighted by molar-refractivity contribution is -0.135. The van der Waals surface area contributed by atoms with Crippen molar-refractivity contribution in [2.24, 2.45) is 11.7 Å². The largest absolute Gasteiger partial charge is 0.427 e. The molecule has 1 aromatic carbocycles. The molecule has 4 heteroatoms. The van der Waals surface area contributed by atoms with Crippen molar-refractivity contribution in [2.75, 3.05) is 0 Å². The fourth-order valence-electron chi connectivity index (χ4n) is 1.34. The summed E-state index contributed by atoms with van der Waals surface area (Å²) in [5, 5.41) is 7.07. The molecular formula is C14H18N2O2. The van der Waals surface area contributed by atoms with Crippen LogP contribution in [0.5, 0.6) is 5.75 Å². The van der Waals surface area contributed by atoms with Crippen LogP contribution >= 0.6 is 0 Å². The molecule has 0 heterocycles. The van der Waals surface area contributed by atoms with Gasteiger partial charge in [-0.15, -0.1) is 0 Å². The average molecular weight is 246 g/mol. The third kappa shape index (κ3) is 5.30. The molecule has 0 atom stereocenters. The van der Waals surface area contributed by atoms with Gasteiger partial charge in [0.15, 0.2) is 0 Å². The van der Waals surface area contributed by atoms with Crippen molar-refractivity contribution in [3.8, 4) is 5.75 Å². The number of nitrogens with one attached hydrogen (secondary N) is 1. The highest BCUT2D eigenvalue weighted by Gasteiger charge is 2.07. The van der Waals surface area contributed by atoms with Gasteiger partial charge in [-0.2, -0.15) is 0 Å². The molecule has 4 nitrogen and oxygen atoms in total. The van der Waals surface area contributed by atoms with Gasteiger partial charge in [-0.1, -0.05) is 32.1 Å². The molecule has 0 bridgehead atoms. The summed E-state index contributed by atoms with van der Waals surface area (Å²) < 4.78 is 5.18. The minimum Gasteiger partial charge on any atom is -0.427 e. The molecule has 0 saturated carbocycles. The van der Waals surface area contributed by atoms with Crippen LogP contribution in [0.4, 0.5) is 0 Å². The van der Waals surface area contributed by atoms with Crippen molar-refractivity contribution >= 4 is 17.9 Å². The first-order chi connectivity index (χ1) is 8.47. The summed E-state index contributed by atoms with van der Waals surface area (Å²) in [7, 11) is 0. The highest BCUT2D eigenvalue weighted by atomic mass is 16.5. The van der Waals surface area contributed by atoms with Gasteiger partial charge in [0.2, 0.25) is 0 Å². The van der Waals surface area contributed by atoms with E-state index in [0.29, 0.717) is 12.2 Å². The van der Waals surface area contributed by atoms with E-state index in [0.717, 1.165) is 5.56 Å². The number of nitrogens with two attached hydrogens (primary N) is 1. The standard InChI is InChI=1S/C14H18N2O2/c1-10(2)9-14(17)18-12-6-3-11(4-7-12)5-8-13(15)16/h3-8,10H,9H2,1-2H3,(H3,15,16). The van der Waals surface area contributed by atoms with Crippen molar-refractivity contribution in [2.45, 2.75) is 20.3 Å². The number of carbonyl (C=O) groups is 1. The highest BCUT2D eigenvalue weighted by Crippen LogP contribution is 2.14. The van der Waals surface area contributed by atoms with E-state index in [-0.39, 0.29) is 17.7 Å². The summed E-state index contributed by atoms with van der Waals surface area (Å²) in [6.45, 7) is 3.94. The first-order valence-corrected chi connectivity index (χ1v) is 5.80. The van der Waals surface area contributed by atoms with Crippen molar-refractivity contribution in [3.05, 3.63) is 35.9 Å². The smallest absolute Gasteiger partial charge is 0.311 e. The second kappa shape index (κ2) is 6.59. The van der Waals surface area contributed by atoms with Crippen LogP contribution in [0.1, 0.15) is 25.8 Å². The normalized spacial score (nSPS) is 10.8. The summed E-state index contributed by atoms with van der Waals surface area (Å²) in [5.74, 6) is 0.593. The van der Waals surface area contributed by atoms with Crippen molar-refractivity contribution < 1.29 is 9.53 Å². The quantitative estimate of drug-likeness (QED) is 0.363. The van der Waals surface area contributed by atoms with Crippen LogP contribution in [0, 0.1) is 11.3 Å². The molecule has 0 amide bonds. The number of benzene rings is 1.